The van der Waals surface area contributed by atoms with E-state index in [1.54, 1.807) is 24.3 Å². The number of ether oxygens (including phenoxy) is 1. The molecule has 7 heteroatoms. The summed E-state index contributed by atoms with van der Waals surface area (Å²) in [6.45, 7) is 3.90. The topological polar surface area (TPSA) is 87.9 Å². The van der Waals surface area contributed by atoms with Gasteiger partial charge in [0.05, 0.1) is 29.0 Å². The first-order chi connectivity index (χ1) is 12.1. The number of fused-ring (bicyclic) bond motifs is 1. The standard InChI is InChI=1S/C18H16N4O2S/c1-11(2)13-8-12(9-19)6-7-16(13)24-10-17(23)20-14-4-3-5-15-18(14)22-25-21-15/h3-8,11H,10H2,1-2H3,(H,20,23). The lowest BCUT2D eigenvalue weighted by atomic mass is 10.00. The molecule has 1 N–H and O–H groups in total. The van der Waals surface area contributed by atoms with Gasteiger partial charge >= 0.3 is 0 Å². The number of carbonyl (C=O) groups is 1. The van der Waals surface area contributed by atoms with E-state index in [4.69, 9.17) is 10.00 Å². The summed E-state index contributed by atoms with van der Waals surface area (Å²) < 4.78 is 14.0. The fourth-order valence-electron chi connectivity index (χ4n) is 2.44. The highest BCUT2D eigenvalue weighted by atomic mass is 32.1. The lowest BCUT2D eigenvalue weighted by Crippen LogP contribution is -2.20. The van der Waals surface area contributed by atoms with Crippen LogP contribution in [0.25, 0.3) is 11.0 Å². The van der Waals surface area contributed by atoms with E-state index in [1.165, 1.54) is 0 Å². The number of hydrogen-bond donors (Lipinski definition) is 1. The van der Waals surface area contributed by atoms with Gasteiger partial charge in [-0.15, -0.1) is 0 Å². The third kappa shape index (κ3) is 3.75. The van der Waals surface area contributed by atoms with Gasteiger partial charge in [0.25, 0.3) is 5.91 Å². The highest BCUT2D eigenvalue weighted by molar-refractivity contribution is 7.00. The van der Waals surface area contributed by atoms with Crippen molar-refractivity contribution in [2.24, 2.45) is 0 Å². The van der Waals surface area contributed by atoms with Crippen molar-refractivity contribution >= 4 is 34.4 Å². The first-order valence-corrected chi connectivity index (χ1v) is 8.49. The zero-order chi connectivity index (χ0) is 17.8. The Morgan fingerprint density at radius 1 is 1.32 bits per heavy atom. The summed E-state index contributed by atoms with van der Waals surface area (Å²) >= 11 is 1.10. The number of anilines is 1. The zero-order valence-electron chi connectivity index (χ0n) is 13.8. The molecule has 25 heavy (non-hydrogen) atoms. The Balaban J connectivity index is 1.71. The first-order valence-electron chi connectivity index (χ1n) is 7.76. The number of nitrogens with one attached hydrogen (secondary N) is 1. The van der Waals surface area contributed by atoms with Crippen molar-refractivity contribution in [1.82, 2.24) is 8.75 Å². The molecule has 3 rings (SSSR count). The summed E-state index contributed by atoms with van der Waals surface area (Å²) in [5.41, 5.74) is 3.50. The molecule has 126 valence electrons. The lowest BCUT2D eigenvalue weighted by Gasteiger charge is -2.14. The minimum atomic E-state index is -0.278. The first kappa shape index (κ1) is 16.9. The second-order valence-corrected chi connectivity index (χ2v) is 6.32. The molecule has 0 aliphatic rings. The second kappa shape index (κ2) is 7.28. The number of nitriles is 1. The van der Waals surface area contributed by atoms with E-state index in [0.717, 1.165) is 22.8 Å². The summed E-state index contributed by atoms with van der Waals surface area (Å²) in [4.78, 5) is 12.2. The summed E-state index contributed by atoms with van der Waals surface area (Å²) in [6.07, 6.45) is 0. The molecular weight excluding hydrogens is 336 g/mol. The Morgan fingerprint density at radius 3 is 2.92 bits per heavy atom. The van der Waals surface area contributed by atoms with E-state index in [-0.39, 0.29) is 18.4 Å². The van der Waals surface area contributed by atoms with Gasteiger partial charge in [-0.1, -0.05) is 19.9 Å². The van der Waals surface area contributed by atoms with E-state index in [2.05, 4.69) is 20.1 Å². The molecule has 3 aromatic rings. The Morgan fingerprint density at radius 2 is 2.16 bits per heavy atom. The van der Waals surface area contributed by atoms with Gasteiger partial charge in [-0.25, -0.2) is 0 Å². The van der Waals surface area contributed by atoms with Crippen LogP contribution in [0.3, 0.4) is 0 Å². The zero-order valence-corrected chi connectivity index (χ0v) is 14.6. The molecule has 0 bridgehead atoms. The Hall–Kier alpha value is -2.98. The molecular formula is C18H16N4O2S. The van der Waals surface area contributed by atoms with Crippen molar-refractivity contribution in [3.05, 3.63) is 47.5 Å². The van der Waals surface area contributed by atoms with Crippen molar-refractivity contribution < 1.29 is 9.53 Å². The number of hydrogen-bond acceptors (Lipinski definition) is 6. The Bertz CT molecular complexity index is 959. The van der Waals surface area contributed by atoms with Crippen molar-refractivity contribution in [3.63, 3.8) is 0 Å². The van der Waals surface area contributed by atoms with Crippen LogP contribution in [0.2, 0.25) is 0 Å². The monoisotopic (exact) mass is 352 g/mol. The minimum Gasteiger partial charge on any atom is -0.483 e. The van der Waals surface area contributed by atoms with E-state index in [0.29, 0.717) is 22.5 Å². The molecule has 0 spiro atoms. The number of benzene rings is 2. The number of rotatable bonds is 5. The third-order valence-electron chi connectivity index (χ3n) is 3.68. The number of amides is 1. The van der Waals surface area contributed by atoms with Crippen LogP contribution in [0, 0.1) is 11.3 Å². The fourth-order valence-corrected chi connectivity index (χ4v) is 2.99. The maximum absolute atomic E-state index is 12.2. The summed E-state index contributed by atoms with van der Waals surface area (Å²) in [6, 6.07) is 12.8. The predicted molar refractivity (Wildman–Crippen MR) is 96.8 cm³/mol. The number of carbonyl (C=O) groups excluding carboxylic acids is 1. The van der Waals surface area contributed by atoms with Gasteiger partial charge in [-0.05, 0) is 41.8 Å². The van der Waals surface area contributed by atoms with Crippen molar-refractivity contribution in [2.45, 2.75) is 19.8 Å². The maximum Gasteiger partial charge on any atom is 0.262 e. The van der Waals surface area contributed by atoms with Crippen LogP contribution in [0.15, 0.2) is 36.4 Å². The summed E-state index contributed by atoms with van der Waals surface area (Å²) in [7, 11) is 0. The summed E-state index contributed by atoms with van der Waals surface area (Å²) in [5.74, 6) is 0.512. The molecule has 0 aliphatic carbocycles. The van der Waals surface area contributed by atoms with Crippen LogP contribution in [0.5, 0.6) is 5.75 Å². The lowest BCUT2D eigenvalue weighted by molar-refractivity contribution is -0.118. The molecule has 0 saturated heterocycles. The van der Waals surface area contributed by atoms with E-state index in [9.17, 15) is 4.79 Å². The van der Waals surface area contributed by atoms with Crippen LogP contribution in [-0.2, 0) is 4.79 Å². The van der Waals surface area contributed by atoms with Crippen molar-refractivity contribution in [2.75, 3.05) is 11.9 Å². The molecule has 0 unspecified atom stereocenters. The molecule has 0 fully saturated rings. The van der Waals surface area contributed by atoms with E-state index >= 15 is 0 Å². The van der Waals surface area contributed by atoms with Gasteiger partial charge in [0.2, 0.25) is 0 Å². The van der Waals surface area contributed by atoms with Crippen LogP contribution >= 0.6 is 11.7 Å². The Labute approximate surface area is 149 Å². The van der Waals surface area contributed by atoms with Crippen molar-refractivity contribution in [1.29, 1.82) is 5.26 Å². The van der Waals surface area contributed by atoms with E-state index < -0.39 is 0 Å². The summed E-state index contributed by atoms with van der Waals surface area (Å²) in [5, 5.41) is 11.8. The van der Waals surface area contributed by atoms with Gasteiger partial charge in [0.1, 0.15) is 16.8 Å². The molecule has 0 aliphatic heterocycles. The highest BCUT2D eigenvalue weighted by Crippen LogP contribution is 2.27. The predicted octanol–water partition coefficient (Wildman–Crippen LogP) is 3.70. The molecule has 0 radical (unpaired) electrons. The van der Waals surface area contributed by atoms with Crippen LogP contribution in [0.1, 0.15) is 30.9 Å². The molecule has 1 amide bonds. The fraction of sp³-hybridized carbons (Fsp3) is 0.222. The molecule has 0 atom stereocenters. The molecule has 2 aromatic carbocycles. The average Bonchev–Trinajstić information content (AvgIpc) is 3.09. The number of nitrogens with zero attached hydrogens (tertiary/aromatic N) is 3. The molecule has 1 heterocycles. The second-order valence-electron chi connectivity index (χ2n) is 5.79. The van der Waals surface area contributed by atoms with Crippen molar-refractivity contribution in [3.8, 4) is 11.8 Å². The van der Waals surface area contributed by atoms with Crippen LogP contribution in [0.4, 0.5) is 5.69 Å². The van der Waals surface area contributed by atoms with Gasteiger partial charge in [-0.3, -0.25) is 4.79 Å². The molecule has 0 saturated carbocycles. The van der Waals surface area contributed by atoms with Gasteiger partial charge in [-0.2, -0.15) is 14.0 Å². The molecule has 6 nitrogen and oxygen atoms in total. The smallest absolute Gasteiger partial charge is 0.262 e. The maximum atomic E-state index is 12.2. The quantitative estimate of drug-likeness (QED) is 0.756. The van der Waals surface area contributed by atoms with Gasteiger partial charge in [0.15, 0.2) is 6.61 Å². The Kier molecular flexibility index (Phi) is 4.91. The van der Waals surface area contributed by atoms with Crippen LogP contribution < -0.4 is 10.1 Å². The SMILES string of the molecule is CC(C)c1cc(C#N)ccc1OCC(=O)Nc1cccc2nsnc12. The van der Waals surface area contributed by atoms with Gasteiger partial charge < -0.3 is 10.1 Å². The average molecular weight is 352 g/mol. The number of aromatic nitrogens is 2. The third-order valence-corrected chi connectivity index (χ3v) is 4.22. The van der Waals surface area contributed by atoms with E-state index in [1.807, 2.05) is 26.0 Å². The minimum absolute atomic E-state index is 0.125. The highest BCUT2D eigenvalue weighted by Gasteiger charge is 2.13. The largest absolute Gasteiger partial charge is 0.483 e. The molecule has 1 aromatic heterocycles. The van der Waals surface area contributed by atoms with Crippen LogP contribution in [-0.4, -0.2) is 21.3 Å². The normalized spacial score (nSPS) is 10.6. The van der Waals surface area contributed by atoms with Gasteiger partial charge in [0, 0.05) is 0 Å².